The fourth-order valence-electron chi connectivity index (χ4n) is 4.00. The molecule has 0 radical (unpaired) electrons. The molecule has 0 aliphatic carbocycles. The number of halogens is 3. The van der Waals surface area contributed by atoms with Crippen molar-refractivity contribution in [3.05, 3.63) is 87.4 Å². The Morgan fingerprint density at radius 3 is 2.27 bits per heavy atom. The molecular formula is C29H32Cl3N3O5S. The number of nitrogens with one attached hydrogen (secondary N) is 1. The summed E-state index contributed by atoms with van der Waals surface area (Å²) in [7, 11) is -4.28. The lowest BCUT2D eigenvalue weighted by Gasteiger charge is -2.32. The molecule has 3 rings (SSSR count). The first-order valence-electron chi connectivity index (χ1n) is 13.0. The normalized spacial score (nSPS) is 12.0. The van der Waals surface area contributed by atoms with Crippen LogP contribution in [0.4, 0.5) is 5.69 Å². The fourth-order valence-corrected chi connectivity index (χ4v) is 5.87. The van der Waals surface area contributed by atoms with Gasteiger partial charge in [0, 0.05) is 18.1 Å². The molecule has 0 aliphatic heterocycles. The van der Waals surface area contributed by atoms with E-state index in [2.05, 4.69) is 5.32 Å². The zero-order valence-electron chi connectivity index (χ0n) is 22.9. The van der Waals surface area contributed by atoms with E-state index in [0.29, 0.717) is 28.6 Å². The summed E-state index contributed by atoms with van der Waals surface area (Å²) < 4.78 is 34.7. The van der Waals surface area contributed by atoms with Gasteiger partial charge in [-0.05, 0) is 74.4 Å². The van der Waals surface area contributed by atoms with Crippen molar-refractivity contribution >= 4 is 62.3 Å². The van der Waals surface area contributed by atoms with Crippen LogP contribution in [0.25, 0.3) is 0 Å². The molecule has 0 aromatic heterocycles. The molecule has 0 saturated heterocycles. The van der Waals surface area contributed by atoms with Gasteiger partial charge in [0.1, 0.15) is 18.3 Å². The lowest BCUT2D eigenvalue weighted by atomic mass is 10.1. The minimum absolute atomic E-state index is 0.0155. The third-order valence-electron chi connectivity index (χ3n) is 6.17. The molecular weight excluding hydrogens is 609 g/mol. The van der Waals surface area contributed by atoms with Gasteiger partial charge in [-0.2, -0.15) is 0 Å². The van der Waals surface area contributed by atoms with Gasteiger partial charge in [0.2, 0.25) is 11.8 Å². The van der Waals surface area contributed by atoms with E-state index >= 15 is 0 Å². The summed E-state index contributed by atoms with van der Waals surface area (Å²) in [6.45, 7) is 5.36. The molecule has 1 N–H and O–H groups in total. The average molecular weight is 641 g/mol. The van der Waals surface area contributed by atoms with E-state index in [-0.39, 0.29) is 40.4 Å². The van der Waals surface area contributed by atoms with E-state index in [1.54, 1.807) is 56.3 Å². The number of carbonyl (C=O) groups is 2. The van der Waals surface area contributed by atoms with Gasteiger partial charge in [-0.3, -0.25) is 13.9 Å². The maximum Gasteiger partial charge on any atom is 0.264 e. The lowest BCUT2D eigenvalue weighted by Crippen LogP contribution is -2.51. The Labute approximate surface area is 256 Å². The topological polar surface area (TPSA) is 96.0 Å². The SMILES string of the molecule is CCCNC(=O)[C@@H](C)N(Cc1ccc(Cl)c(Cl)c1)C(=O)CN(c1ccccc1OCC)S(=O)(=O)c1ccc(Cl)cc1. The van der Waals surface area contributed by atoms with E-state index < -0.39 is 28.5 Å². The third kappa shape index (κ3) is 8.29. The molecule has 220 valence electrons. The van der Waals surface area contributed by atoms with Crippen molar-refractivity contribution in [1.29, 1.82) is 0 Å². The maximum atomic E-state index is 14.0. The number of para-hydroxylation sites is 2. The number of sulfonamides is 1. The van der Waals surface area contributed by atoms with Crippen molar-refractivity contribution < 1.29 is 22.7 Å². The Balaban J connectivity index is 2.08. The highest BCUT2D eigenvalue weighted by Crippen LogP contribution is 2.33. The highest BCUT2D eigenvalue weighted by molar-refractivity contribution is 7.92. The van der Waals surface area contributed by atoms with Crippen LogP contribution in [0.15, 0.2) is 71.6 Å². The summed E-state index contributed by atoms with van der Waals surface area (Å²) in [5.74, 6) is -0.703. The highest BCUT2D eigenvalue weighted by Gasteiger charge is 2.33. The summed E-state index contributed by atoms with van der Waals surface area (Å²) in [6, 6.07) is 16.2. The van der Waals surface area contributed by atoms with Crippen molar-refractivity contribution in [2.45, 2.75) is 44.7 Å². The van der Waals surface area contributed by atoms with Gasteiger partial charge in [-0.25, -0.2) is 8.42 Å². The molecule has 1 atom stereocenters. The van der Waals surface area contributed by atoms with Crippen LogP contribution >= 0.6 is 34.8 Å². The number of nitrogens with zero attached hydrogens (tertiary/aromatic N) is 2. The Bertz CT molecular complexity index is 1470. The number of carbonyl (C=O) groups excluding carboxylic acids is 2. The number of amides is 2. The zero-order chi connectivity index (χ0) is 30.2. The van der Waals surface area contributed by atoms with Crippen LogP contribution in [0.5, 0.6) is 5.75 Å². The average Bonchev–Trinajstić information content (AvgIpc) is 2.95. The Morgan fingerprint density at radius 1 is 0.951 bits per heavy atom. The van der Waals surface area contributed by atoms with Crippen LogP contribution < -0.4 is 14.4 Å². The van der Waals surface area contributed by atoms with Crippen LogP contribution in [-0.2, 0) is 26.2 Å². The lowest BCUT2D eigenvalue weighted by molar-refractivity contribution is -0.139. The molecule has 3 aromatic rings. The highest BCUT2D eigenvalue weighted by atomic mass is 35.5. The van der Waals surface area contributed by atoms with Crippen LogP contribution in [0.2, 0.25) is 15.1 Å². The standard InChI is InChI=1S/C29H32Cl3N3O5S/c1-4-16-33-29(37)20(3)34(18-21-10-15-24(31)25(32)17-21)28(36)19-35(26-8-6-7-9-27(26)40-5-2)41(38,39)23-13-11-22(30)12-14-23/h6-15,17,20H,4-5,16,18-19H2,1-3H3,(H,33,37)/t20-/m1/s1. The first-order valence-corrected chi connectivity index (χ1v) is 15.6. The molecule has 3 aromatic carbocycles. The number of hydrogen-bond donors (Lipinski definition) is 1. The first kappa shape index (κ1) is 32.5. The monoisotopic (exact) mass is 639 g/mol. The predicted molar refractivity (Wildman–Crippen MR) is 163 cm³/mol. The molecule has 0 aliphatic rings. The molecule has 0 saturated carbocycles. The minimum atomic E-state index is -4.28. The van der Waals surface area contributed by atoms with E-state index in [0.717, 1.165) is 4.31 Å². The number of hydrogen-bond acceptors (Lipinski definition) is 5. The molecule has 0 unspecified atom stereocenters. The van der Waals surface area contributed by atoms with Gasteiger partial charge in [-0.1, -0.05) is 59.9 Å². The van der Waals surface area contributed by atoms with Crippen LogP contribution in [0.3, 0.4) is 0 Å². The first-order chi connectivity index (χ1) is 19.5. The molecule has 12 heteroatoms. The molecule has 2 amide bonds. The van der Waals surface area contributed by atoms with Gasteiger partial charge in [-0.15, -0.1) is 0 Å². The largest absolute Gasteiger partial charge is 0.492 e. The van der Waals surface area contributed by atoms with Crippen LogP contribution in [0, 0.1) is 0 Å². The predicted octanol–water partition coefficient (Wildman–Crippen LogP) is 6.18. The summed E-state index contributed by atoms with van der Waals surface area (Å²) >= 11 is 18.3. The van der Waals surface area contributed by atoms with Crippen LogP contribution in [-0.4, -0.2) is 50.9 Å². The second-order valence-electron chi connectivity index (χ2n) is 9.10. The quantitative estimate of drug-likeness (QED) is 0.241. The van der Waals surface area contributed by atoms with Crippen molar-refractivity contribution in [2.24, 2.45) is 0 Å². The Morgan fingerprint density at radius 2 is 1.63 bits per heavy atom. The fraction of sp³-hybridized carbons (Fsp3) is 0.310. The van der Waals surface area contributed by atoms with Gasteiger partial charge in [0.25, 0.3) is 10.0 Å². The Hall–Kier alpha value is -2.98. The van der Waals surface area contributed by atoms with Gasteiger partial charge >= 0.3 is 0 Å². The summed E-state index contributed by atoms with van der Waals surface area (Å²) in [5.41, 5.74) is 0.792. The van der Waals surface area contributed by atoms with Crippen molar-refractivity contribution in [3.63, 3.8) is 0 Å². The second-order valence-corrected chi connectivity index (χ2v) is 12.2. The van der Waals surface area contributed by atoms with Gasteiger partial charge in [0.15, 0.2) is 0 Å². The summed E-state index contributed by atoms with van der Waals surface area (Å²) in [4.78, 5) is 28.3. The van der Waals surface area contributed by atoms with E-state index in [4.69, 9.17) is 39.5 Å². The van der Waals surface area contributed by atoms with Gasteiger partial charge in [0.05, 0.1) is 27.2 Å². The zero-order valence-corrected chi connectivity index (χ0v) is 26.0. The molecule has 0 heterocycles. The van der Waals surface area contributed by atoms with E-state index in [9.17, 15) is 18.0 Å². The third-order valence-corrected chi connectivity index (χ3v) is 8.93. The molecule has 0 bridgehead atoms. The Kier molecular flexibility index (Phi) is 11.7. The van der Waals surface area contributed by atoms with Gasteiger partial charge < -0.3 is 15.0 Å². The second kappa shape index (κ2) is 14.8. The van der Waals surface area contributed by atoms with Crippen LogP contribution in [0.1, 0.15) is 32.8 Å². The number of anilines is 1. The molecule has 0 fully saturated rings. The maximum absolute atomic E-state index is 14.0. The minimum Gasteiger partial charge on any atom is -0.492 e. The number of benzene rings is 3. The van der Waals surface area contributed by atoms with E-state index in [1.165, 1.54) is 29.2 Å². The summed E-state index contributed by atoms with van der Waals surface area (Å²) in [5, 5.41) is 3.80. The van der Waals surface area contributed by atoms with Crippen molar-refractivity contribution in [3.8, 4) is 5.75 Å². The molecule has 41 heavy (non-hydrogen) atoms. The summed E-state index contributed by atoms with van der Waals surface area (Å²) in [6.07, 6.45) is 0.709. The van der Waals surface area contributed by atoms with E-state index in [1.807, 2.05) is 6.92 Å². The van der Waals surface area contributed by atoms with Crippen molar-refractivity contribution in [2.75, 3.05) is 24.0 Å². The number of rotatable bonds is 13. The smallest absolute Gasteiger partial charge is 0.264 e. The molecule has 8 nitrogen and oxygen atoms in total. The number of ether oxygens (including phenoxy) is 1. The molecule has 0 spiro atoms. The van der Waals surface area contributed by atoms with Crippen molar-refractivity contribution in [1.82, 2.24) is 10.2 Å².